The Morgan fingerprint density at radius 1 is 1.14 bits per heavy atom. The van der Waals surface area contributed by atoms with E-state index in [1.165, 1.54) is 75.5 Å². The normalized spacial score (nSPS) is 43.7. The molecule has 5 rings (SSSR count). The summed E-state index contributed by atoms with van der Waals surface area (Å²) in [5.74, 6) is 5.18. The highest BCUT2D eigenvalue weighted by Gasteiger charge is 2.60. The number of carbonyl (C=O) groups excluding carboxylic acids is 1. The molecule has 0 aromatic heterocycles. The molecule has 198 valence electrons. The highest BCUT2D eigenvalue weighted by atomic mass is 32.2. The van der Waals surface area contributed by atoms with Gasteiger partial charge in [-0.15, -0.1) is 0 Å². The maximum Gasteiger partial charge on any atom is 0.331 e. The highest BCUT2D eigenvalue weighted by molar-refractivity contribution is 7.99. The Hall–Kier alpha value is -0.560. The molecule has 0 spiro atoms. The monoisotopic (exact) mass is 504 g/mol. The first-order valence-electron chi connectivity index (χ1n) is 14.4. The lowest BCUT2D eigenvalue weighted by atomic mass is 9.44. The molecule has 0 aromatic carbocycles. The summed E-state index contributed by atoms with van der Waals surface area (Å²) in [6.45, 7) is 7.69. The lowest BCUT2D eigenvalue weighted by Gasteiger charge is -2.61. The number of thioether (sulfide) groups is 1. The zero-order chi connectivity index (χ0) is 24.6. The predicted octanol–water partition coefficient (Wildman–Crippen LogP) is 4.53. The number of nitrogens with two attached hydrogens (primary N) is 1. The Morgan fingerprint density at radius 3 is 2.71 bits per heavy atom. The van der Waals surface area contributed by atoms with E-state index >= 15 is 0 Å². The maximum absolute atomic E-state index is 11.8. The van der Waals surface area contributed by atoms with E-state index in [0.29, 0.717) is 36.4 Å². The van der Waals surface area contributed by atoms with Crippen molar-refractivity contribution in [3.05, 3.63) is 11.6 Å². The second-order valence-corrected chi connectivity index (χ2v) is 14.3. The topological polar surface area (TPSA) is 84.6 Å². The van der Waals surface area contributed by atoms with Crippen molar-refractivity contribution in [1.29, 1.82) is 0 Å². The molecule has 35 heavy (non-hydrogen) atoms. The van der Waals surface area contributed by atoms with Crippen molar-refractivity contribution in [2.75, 3.05) is 32.0 Å². The molecule has 0 bridgehead atoms. The van der Waals surface area contributed by atoms with Crippen molar-refractivity contribution < 1.29 is 14.6 Å². The van der Waals surface area contributed by atoms with Crippen LogP contribution in [0.4, 0.5) is 0 Å². The highest BCUT2D eigenvalue weighted by Crippen LogP contribution is 2.68. The van der Waals surface area contributed by atoms with E-state index in [1.54, 1.807) is 0 Å². The van der Waals surface area contributed by atoms with E-state index in [2.05, 4.69) is 30.9 Å². The van der Waals surface area contributed by atoms with Gasteiger partial charge in [0.15, 0.2) is 0 Å². The van der Waals surface area contributed by atoms with Gasteiger partial charge in [-0.1, -0.05) is 13.8 Å². The number of hydrogen-bond acceptors (Lipinski definition) is 6. The minimum absolute atomic E-state index is 0.120. The fourth-order valence-electron chi connectivity index (χ4n) is 9.37. The molecule has 6 heteroatoms. The number of cyclic esters (lactones) is 1. The first kappa shape index (κ1) is 26.1. The van der Waals surface area contributed by atoms with Crippen LogP contribution in [0, 0.1) is 40.4 Å². The number of esters is 1. The van der Waals surface area contributed by atoms with Crippen LogP contribution in [0.2, 0.25) is 0 Å². The van der Waals surface area contributed by atoms with Crippen LogP contribution in [0.5, 0.6) is 0 Å². The third-order valence-electron chi connectivity index (χ3n) is 11.3. The van der Waals surface area contributed by atoms with Gasteiger partial charge >= 0.3 is 5.97 Å². The minimum Gasteiger partial charge on any atom is -0.458 e. The van der Waals surface area contributed by atoms with Crippen molar-refractivity contribution in [3.63, 3.8) is 0 Å². The van der Waals surface area contributed by atoms with E-state index in [1.807, 2.05) is 6.08 Å². The number of aliphatic hydroxyl groups is 1. The number of aliphatic hydroxyl groups excluding tert-OH is 1. The summed E-state index contributed by atoms with van der Waals surface area (Å²) in [5.41, 5.74) is 7.66. The number of nitrogens with one attached hydrogen (secondary N) is 1. The summed E-state index contributed by atoms with van der Waals surface area (Å²) in [6, 6.07) is 0. The molecule has 1 unspecified atom stereocenters. The van der Waals surface area contributed by atoms with Crippen LogP contribution in [0.3, 0.4) is 0 Å². The lowest BCUT2D eigenvalue weighted by Crippen LogP contribution is -2.53. The zero-order valence-electron chi connectivity index (χ0n) is 22.0. The van der Waals surface area contributed by atoms with Crippen LogP contribution < -0.4 is 11.1 Å². The Balaban J connectivity index is 1.14. The Bertz CT molecular complexity index is 805. The first-order chi connectivity index (χ1) is 16.8. The molecular weight excluding hydrogens is 456 g/mol. The van der Waals surface area contributed by atoms with Gasteiger partial charge < -0.3 is 20.9 Å². The number of rotatable bonds is 9. The van der Waals surface area contributed by atoms with Gasteiger partial charge in [-0.25, -0.2) is 4.79 Å². The molecule has 4 N–H and O–H groups in total. The third-order valence-corrected chi connectivity index (χ3v) is 12.7. The van der Waals surface area contributed by atoms with E-state index < -0.39 is 6.10 Å². The van der Waals surface area contributed by atoms with E-state index in [0.717, 1.165) is 35.5 Å². The summed E-state index contributed by atoms with van der Waals surface area (Å²) >= 11 is 2.20. The van der Waals surface area contributed by atoms with Gasteiger partial charge in [0.25, 0.3) is 0 Å². The molecule has 0 radical (unpaired) electrons. The Kier molecular flexibility index (Phi) is 7.94. The van der Waals surface area contributed by atoms with Gasteiger partial charge in [0.2, 0.25) is 0 Å². The van der Waals surface area contributed by atoms with Gasteiger partial charge in [0.1, 0.15) is 6.61 Å². The molecule has 4 fully saturated rings. The second kappa shape index (κ2) is 10.7. The average molecular weight is 505 g/mol. The van der Waals surface area contributed by atoms with Gasteiger partial charge in [0, 0.05) is 24.4 Å². The molecule has 1 aliphatic heterocycles. The van der Waals surface area contributed by atoms with Crippen molar-refractivity contribution in [1.82, 2.24) is 5.32 Å². The van der Waals surface area contributed by atoms with Gasteiger partial charge in [-0.2, -0.15) is 11.8 Å². The quantitative estimate of drug-likeness (QED) is 0.316. The minimum atomic E-state index is -0.417. The predicted molar refractivity (Wildman–Crippen MR) is 143 cm³/mol. The fraction of sp³-hybridized carbons (Fsp3) is 0.897. The first-order valence-corrected chi connectivity index (χ1v) is 15.5. The summed E-state index contributed by atoms with van der Waals surface area (Å²) in [6.07, 6.45) is 15.0. The molecule has 0 aromatic rings. The van der Waals surface area contributed by atoms with Gasteiger partial charge in [-0.05, 0) is 122 Å². The van der Waals surface area contributed by atoms with Crippen LogP contribution in [0.15, 0.2) is 11.6 Å². The summed E-state index contributed by atoms with van der Waals surface area (Å²) < 4.78 is 5.32. The van der Waals surface area contributed by atoms with Crippen molar-refractivity contribution in [2.24, 2.45) is 46.2 Å². The molecule has 9 atom stereocenters. The number of hydrogen-bond donors (Lipinski definition) is 3. The smallest absolute Gasteiger partial charge is 0.331 e. The zero-order valence-corrected chi connectivity index (χ0v) is 22.8. The third kappa shape index (κ3) is 4.98. The molecule has 0 amide bonds. The molecule has 5 aliphatic rings. The van der Waals surface area contributed by atoms with Crippen LogP contribution in [0.1, 0.15) is 78.1 Å². The van der Waals surface area contributed by atoms with Crippen molar-refractivity contribution >= 4 is 17.7 Å². The van der Waals surface area contributed by atoms with E-state index in [-0.39, 0.29) is 5.97 Å². The maximum atomic E-state index is 11.8. The van der Waals surface area contributed by atoms with Crippen LogP contribution >= 0.6 is 11.8 Å². The van der Waals surface area contributed by atoms with Crippen molar-refractivity contribution in [3.8, 4) is 0 Å². The SMILES string of the molecule is C[C@]12CC[C@H](SCCCNCC(O)CN)C[C@H]1CC[C@@H]1[C@@H]2CC[C@]2(C)[C@@H](C3=CC(=O)OC3)CC[C@@H]12. The van der Waals surface area contributed by atoms with E-state index in [9.17, 15) is 9.90 Å². The Labute approximate surface area is 216 Å². The van der Waals surface area contributed by atoms with Gasteiger partial charge in [0.05, 0.1) is 6.10 Å². The molecule has 1 heterocycles. The lowest BCUT2D eigenvalue weighted by molar-refractivity contribution is -0.135. The molecule has 4 aliphatic carbocycles. The summed E-state index contributed by atoms with van der Waals surface area (Å²) in [7, 11) is 0. The average Bonchev–Trinajstić information content (AvgIpc) is 3.43. The summed E-state index contributed by atoms with van der Waals surface area (Å²) in [4.78, 5) is 11.8. The molecular formula is C29H48N2O3S. The second-order valence-electron chi connectivity index (χ2n) is 12.9. The molecule has 4 saturated carbocycles. The number of fused-ring (bicyclic) bond motifs is 5. The van der Waals surface area contributed by atoms with Crippen LogP contribution in [0.25, 0.3) is 0 Å². The van der Waals surface area contributed by atoms with Crippen LogP contribution in [-0.4, -0.2) is 54.4 Å². The summed E-state index contributed by atoms with van der Waals surface area (Å²) in [5, 5.41) is 13.7. The van der Waals surface area contributed by atoms with Crippen molar-refractivity contribution in [2.45, 2.75) is 89.4 Å². The number of carbonyl (C=O) groups is 1. The standard InChI is InChI=1S/C29H48N2O3S/c1-28-10-8-22(35-13-3-12-31-17-21(32)16-30)15-20(28)4-5-23-25-7-6-24(19-14-27(33)34-18-19)29(25,2)11-9-26(23)28/h14,20-26,31-32H,3-13,15-18,30H2,1-2H3/t20-,21?,22+,23+,24-,25+,26+,28+,29-/m1/s1. The Morgan fingerprint density at radius 2 is 1.94 bits per heavy atom. The molecule has 0 saturated heterocycles. The molecule has 5 nitrogen and oxygen atoms in total. The van der Waals surface area contributed by atoms with Gasteiger partial charge in [-0.3, -0.25) is 0 Å². The fourth-order valence-corrected chi connectivity index (χ4v) is 10.7. The van der Waals surface area contributed by atoms with Crippen LogP contribution in [-0.2, 0) is 9.53 Å². The largest absolute Gasteiger partial charge is 0.458 e. The number of ether oxygens (including phenoxy) is 1. The van der Waals surface area contributed by atoms with E-state index in [4.69, 9.17) is 10.5 Å².